The molecule has 0 saturated carbocycles. The van der Waals surface area contributed by atoms with Crippen molar-refractivity contribution in [2.24, 2.45) is 0 Å². The average Bonchev–Trinajstić information content (AvgIpc) is 2.57. The fraction of sp³-hybridized carbons (Fsp3) is 0.353. The van der Waals surface area contributed by atoms with Gasteiger partial charge in [0.2, 0.25) is 5.91 Å². The number of esters is 1. The van der Waals surface area contributed by atoms with E-state index < -0.39 is 12.1 Å². The summed E-state index contributed by atoms with van der Waals surface area (Å²) in [5.74, 6) is -0.360. The van der Waals surface area contributed by atoms with Gasteiger partial charge in [0, 0.05) is 18.7 Å². The standard InChI is InChI=1S/C17H20N2O5/c1-4-9-19-13-10-12(18-15(20)7-8-16(21)23-3)5-6-14(13)24-11(2)17(19)22/h4-6,10-11H,1,7-9H2,2-3H3,(H,18,20). The van der Waals surface area contributed by atoms with Crippen molar-refractivity contribution >= 4 is 29.2 Å². The van der Waals surface area contributed by atoms with Gasteiger partial charge in [-0.1, -0.05) is 6.08 Å². The molecule has 0 aliphatic carbocycles. The van der Waals surface area contributed by atoms with Gasteiger partial charge in [-0.05, 0) is 25.1 Å². The maximum Gasteiger partial charge on any atom is 0.306 e. The van der Waals surface area contributed by atoms with Gasteiger partial charge in [0.15, 0.2) is 6.10 Å². The summed E-state index contributed by atoms with van der Waals surface area (Å²) >= 11 is 0. The molecule has 1 aromatic rings. The third-order valence-corrected chi connectivity index (χ3v) is 3.55. The first-order chi connectivity index (χ1) is 11.5. The molecule has 0 bridgehead atoms. The van der Waals surface area contributed by atoms with E-state index in [2.05, 4.69) is 16.6 Å². The van der Waals surface area contributed by atoms with E-state index in [1.165, 1.54) is 7.11 Å². The Labute approximate surface area is 140 Å². The summed E-state index contributed by atoms with van der Waals surface area (Å²) in [4.78, 5) is 36.7. The number of carbonyl (C=O) groups excluding carboxylic acids is 3. The number of fused-ring (bicyclic) bond motifs is 1. The molecule has 1 unspecified atom stereocenters. The maximum absolute atomic E-state index is 12.2. The van der Waals surface area contributed by atoms with Crippen molar-refractivity contribution in [2.75, 3.05) is 23.9 Å². The first kappa shape index (κ1) is 17.5. The van der Waals surface area contributed by atoms with Gasteiger partial charge in [0.1, 0.15) is 5.75 Å². The van der Waals surface area contributed by atoms with Gasteiger partial charge in [0.05, 0.1) is 19.2 Å². The number of amides is 2. The smallest absolute Gasteiger partial charge is 0.306 e. The number of nitrogens with one attached hydrogen (secondary N) is 1. The van der Waals surface area contributed by atoms with E-state index in [4.69, 9.17) is 4.74 Å². The van der Waals surface area contributed by atoms with Crippen molar-refractivity contribution in [3.05, 3.63) is 30.9 Å². The number of methoxy groups -OCH3 is 1. The van der Waals surface area contributed by atoms with E-state index in [1.54, 1.807) is 36.1 Å². The van der Waals surface area contributed by atoms with Crippen LogP contribution in [0.4, 0.5) is 11.4 Å². The molecule has 1 atom stereocenters. The summed E-state index contributed by atoms with van der Waals surface area (Å²) in [6.45, 7) is 5.69. The van der Waals surface area contributed by atoms with E-state index >= 15 is 0 Å². The molecule has 2 amide bonds. The summed E-state index contributed by atoms with van der Waals surface area (Å²) in [6.07, 6.45) is 1.08. The fourth-order valence-electron chi connectivity index (χ4n) is 2.34. The Balaban J connectivity index is 2.14. The Morgan fingerprint density at radius 2 is 2.17 bits per heavy atom. The number of benzene rings is 1. The quantitative estimate of drug-likeness (QED) is 0.635. The Morgan fingerprint density at radius 3 is 2.83 bits per heavy atom. The van der Waals surface area contributed by atoms with Crippen LogP contribution in [0.3, 0.4) is 0 Å². The van der Waals surface area contributed by atoms with Crippen molar-refractivity contribution in [3.63, 3.8) is 0 Å². The highest BCUT2D eigenvalue weighted by Gasteiger charge is 2.30. The third-order valence-electron chi connectivity index (χ3n) is 3.55. The number of rotatable bonds is 6. The second-order valence-corrected chi connectivity index (χ2v) is 5.30. The summed E-state index contributed by atoms with van der Waals surface area (Å²) in [7, 11) is 1.27. The molecule has 0 radical (unpaired) electrons. The highest BCUT2D eigenvalue weighted by atomic mass is 16.5. The normalized spacial score (nSPS) is 16.0. The predicted molar refractivity (Wildman–Crippen MR) is 89.0 cm³/mol. The van der Waals surface area contributed by atoms with Crippen LogP contribution in [0.1, 0.15) is 19.8 Å². The number of hydrogen-bond acceptors (Lipinski definition) is 5. The van der Waals surface area contributed by atoms with E-state index in [1.807, 2.05) is 0 Å². The lowest BCUT2D eigenvalue weighted by Crippen LogP contribution is -2.44. The lowest BCUT2D eigenvalue weighted by Gasteiger charge is -2.32. The van der Waals surface area contributed by atoms with Crippen LogP contribution in [0.2, 0.25) is 0 Å². The fourth-order valence-corrected chi connectivity index (χ4v) is 2.34. The molecule has 1 aliphatic rings. The number of carbonyl (C=O) groups is 3. The molecular formula is C17H20N2O5. The van der Waals surface area contributed by atoms with Gasteiger partial charge in [-0.2, -0.15) is 0 Å². The second-order valence-electron chi connectivity index (χ2n) is 5.30. The van der Waals surface area contributed by atoms with Crippen molar-refractivity contribution in [2.45, 2.75) is 25.9 Å². The lowest BCUT2D eigenvalue weighted by atomic mass is 10.1. The van der Waals surface area contributed by atoms with E-state index in [0.29, 0.717) is 23.7 Å². The van der Waals surface area contributed by atoms with Crippen LogP contribution >= 0.6 is 0 Å². The van der Waals surface area contributed by atoms with Crippen LogP contribution < -0.4 is 15.0 Å². The number of ether oxygens (including phenoxy) is 2. The molecule has 0 fully saturated rings. The van der Waals surface area contributed by atoms with Crippen molar-refractivity contribution in [1.29, 1.82) is 0 Å². The van der Waals surface area contributed by atoms with E-state index in [-0.39, 0.29) is 24.7 Å². The average molecular weight is 332 g/mol. The summed E-state index contributed by atoms with van der Waals surface area (Å²) < 4.78 is 10.1. The molecule has 7 heteroatoms. The zero-order valence-electron chi connectivity index (χ0n) is 13.7. The highest BCUT2D eigenvalue weighted by Crippen LogP contribution is 2.36. The molecule has 1 aromatic carbocycles. The second kappa shape index (κ2) is 7.63. The SMILES string of the molecule is C=CCN1C(=O)C(C)Oc2ccc(NC(=O)CCC(=O)OC)cc21. The van der Waals surface area contributed by atoms with Crippen LogP contribution in [0.25, 0.3) is 0 Å². The molecule has 1 heterocycles. The molecule has 1 N–H and O–H groups in total. The van der Waals surface area contributed by atoms with Crippen LogP contribution in [0.5, 0.6) is 5.75 Å². The van der Waals surface area contributed by atoms with Gasteiger partial charge < -0.3 is 19.7 Å². The van der Waals surface area contributed by atoms with Gasteiger partial charge in [0.25, 0.3) is 5.91 Å². The number of nitrogens with zero attached hydrogens (tertiary/aromatic N) is 1. The first-order valence-corrected chi connectivity index (χ1v) is 7.56. The van der Waals surface area contributed by atoms with Crippen LogP contribution in [-0.4, -0.2) is 37.5 Å². The number of hydrogen-bond donors (Lipinski definition) is 1. The number of anilines is 2. The molecule has 1 aliphatic heterocycles. The third kappa shape index (κ3) is 3.92. The minimum Gasteiger partial charge on any atom is -0.479 e. The van der Waals surface area contributed by atoms with Crippen molar-refractivity contribution in [1.82, 2.24) is 0 Å². The van der Waals surface area contributed by atoms with Gasteiger partial charge in [-0.25, -0.2) is 0 Å². The van der Waals surface area contributed by atoms with E-state index in [9.17, 15) is 14.4 Å². The van der Waals surface area contributed by atoms with Crippen LogP contribution in [0, 0.1) is 0 Å². The minimum absolute atomic E-state index is 0.00890. The Bertz CT molecular complexity index is 671. The highest BCUT2D eigenvalue weighted by molar-refractivity contribution is 6.01. The molecule has 0 aromatic heterocycles. The monoisotopic (exact) mass is 332 g/mol. The topological polar surface area (TPSA) is 84.9 Å². The van der Waals surface area contributed by atoms with Gasteiger partial charge in [-0.3, -0.25) is 14.4 Å². The molecule has 0 spiro atoms. The molecule has 24 heavy (non-hydrogen) atoms. The zero-order valence-corrected chi connectivity index (χ0v) is 13.7. The van der Waals surface area contributed by atoms with Crippen molar-refractivity contribution < 1.29 is 23.9 Å². The summed E-state index contributed by atoms with van der Waals surface area (Å²) in [5.41, 5.74) is 1.09. The largest absolute Gasteiger partial charge is 0.479 e. The van der Waals surface area contributed by atoms with Crippen LogP contribution in [0.15, 0.2) is 30.9 Å². The lowest BCUT2D eigenvalue weighted by molar-refractivity contribution is -0.141. The molecule has 128 valence electrons. The molecule has 0 saturated heterocycles. The zero-order chi connectivity index (χ0) is 17.7. The van der Waals surface area contributed by atoms with Gasteiger partial charge in [-0.15, -0.1) is 6.58 Å². The summed E-state index contributed by atoms with van der Waals surface area (Å²) in [5, 5.41) is 2.69. The summed E-state index contributed by atoms with van der Waals surface area (Å²) in [6, 6.07) is 5.05. The van der Waals surface area contributed by atoms with Crippen molar-refractivity contribution in [3.8, 4) is 5.75 Å². The molecule has 7 nitrogen and oxygen atoms in total. The van der Waals surface area contributed by atoms with Gasteiger partial charge >= 0.3 is 5.97 Å². The van der Waals surface area contributed by atoms with Crippen LogP contribution in [-0.2, 0) is 19.1 Å². The minimum atomic E-state index is -0.571. The maximum atomic E-state index is 12.2. The Hall–Kier alpha value is -2.83. The first-order valence-electron chi connectivity index (χ1n) is 7.56. The predicted octanol–water partition coefficient (Wildman–Crippen LogP) is 1.88. The molecular weight excluding hydrogens is 312 g/mol. The molecule has 2 rings (SSSR count). The Morgan fingerprint density at radius 1 is 1.42 bits per heavy atom. The Kier molecular flexibility index (Phi) is 5.57. The van der Waals surface area contributed by atoms with E-state index in [0.717, 1.165) is 0 Å².